The largest absolute Gasteiger partial charge is 0.459 e. The first kappa shape index (κ1) is 9.31. The molecule has 1 aromatic rings. The molecule has 70 valence electrons. The van der Waals surface area contributed by atoms with Crippen molar-refractivity contribution in [2.24, 2.45) is 0 Å². The van der Waals surface area contributed by atoms with Crippen molar-refractivity contribution in [3.63, 3.8) is 0 Å². The van der Waals surface area contributed by atoms with Gasteiger partial charge in [0.05, 0.1) is 6.26 Å². The van der Waals surface area contributed by atoms with E-state index in [4.69, 9.17) is 4.42 Å². The number of carbonyl (C=O) groups excluding carboxylic acids is 2. The highest BCUT2D eigenvalue weighted by Gasteiger charge is 2.07. The van der Waals surface area contributed by atoms with Crippen LogP contribution in [-0.4, -0.2) is 11.8 Å². The van der Waals surface area contributed by atoms with Crippen molar-refractivity contribution in [1.82, 2.24) is 10.9 Å². The van der Waals surface area contributed by atoms with Gasteiger partial charge < -0.3 is 4.42 Å². The summed E-state index contributed by atoms with van der Waals surface area (Å²) in [6.07, 6.45) is 1.70. The van der Waals surface area contributed by atoms with Crippen LogP contribution in [0.1, 0.15) is 23.9 Å². The summed E-state index contributed by atoms with van der Waals surface area (Å²) in [6.45, 7) is 1.69. The minimum absolute atomic E-state index is 0.163. The van der Waals surface area contributed by atoms with Gasteiger partial charge in [0.15, 0.2) is 5.76 Å². The third kappa shape index (κ3) is 2.62. The predicted molar refractivity (Wildman–Crippen MR) is 44.6 cm³/mol. The Labute approximate surface area is 75.1 Å². The molecule has 0 aliphatic carbocycles. The van der Waals surface area contributed by atoms with E-state index in [1.165, 1.54) is 12.3 Å². The molecule has 0 atom stereocenters. The molecule has 0 unspecified atom stereocenters. The van der Waals surface area contributed by atoms with Gasteiger partial charge in [-0.05, 0) is 12.1 Å². The van der Waals surface area contributed by atoms with Crippen LogP contribution >= 0.6 is 0 Å². The van der Waals surface area contributed by atoms with Gasteiger partial charge in [0.1, 0.15) is 0 Å². The lowest BCUT2D eigenvalue weighted by Gasteiger charge is -2.02. The molecule has 2 N–H and O–H groups in total. The Morgan fingerprint density at radius 2 is 2.23 bits per heavy atom. The highest BCUT2D eigenvalue weighted by molar-refractivity contribution is 5.92. The molecule has 1 aromatic heterocycles. The van der Waals surface area contributed by atoms with Crippen LogP contribution in [0.4, 0.5) is 0 Å². The van der Waals surface area contributed by atoms with Crippen LogP contribution in [-0.2, 0) is 4.79 Å². The topological polar surface area (TPSA) is 71.3 Å². The summed E-state index contributed by atoms with van der Waals surface area (Å²) in [6, 6.07) is 3.10. The fraction of sp³-hybridized carbons (Fsp3) is 0.250. The lowest BCUT2D eigenvalue weighted by Crippen LogP contribution is -2.41. The monoisotopic (exact) mass is 182 g/mol. The Hall–Kier alpha value is -1.78. The maximum absolute atomic E-state index is 11.1. The fourth-order valence-electron chi connectivity index (χ4n) is 0.684. The molecule has 0 fully saturated rings. The summed E-state index contributed by atoms with van der Waals surface area (Å²) >= 11 is 0. The summed E-state index contributed by atoms with van der Waals surface area (Å²) in [5, 5.41) is 0. The highest BCUT2D eigenvalue weighted by atomic mass is 16.3. The van der Waals surface area contributed by atoms with Crippen molar-refractivity contribution in [3.8, 4) is 0 Å². The Kier molecular flexibility index (Phi) is 3.08. The second-order valence-electron chi connectivity index (χ2n) is 2.33. The molecule has 5 heteroatoms. The molecule has 0 aliphatic heterocycles. The molecule has 2 amide bonds. The quantitative estimate of drug-likeness (QED) is 0.652. The summed E-state index contributed by atoms with van der Waals surface area (Å²) in [5.74, 6) is -0.553. The zero-order valence-corrected chi connectivity index (χ0v) is 7.16. The zero-order valence-electron chi connectivity index (χ0n) is 7.16. The number of hydrogen-bond donors (Lipinski definition) is 2. The molecule has 13 heavy (non-hydrogen) atoms. The number of carbonyl (C=O) groups is 2. The van der Waals surface area contributed by atoms with Crippen molar-refractivity contribution >= 4 is 11.8 Å². The van der Waals surface area contributed by atoms with Crippen LogP contribution < -0.4 is 10.9 Å². The van der Waals surface area contributed by atoms with Gasteiger partial charge >= 0.3 is 5.91 Å². The van der Waals surface area contributed by atoms with Gasteiger partial charge in [-0.3, -0.25) is 20.4 Å². The van der Waals surface area contributed by atoms with Crippen molar-refractivity contribution in [2.45, 2.75) is 13.3 Å². The number of rotatable bonds is 2. The highest BCUT2D eigenvalue weighted by Crippen LogP contribution is 1.97. The maximum atomic E-state index is 11.1. The van der Waals surface area contributed by atoms with E-state index in [0.29, 0.717) is 6.42 Å². The van der Waals surface area contributed by atoms with Crippen molar-refractivity contribution in [2.75, 3.05) is 0 Å². The van der Waals surface area contributed by atoms with E-state index < -0.39 is 5.91 Å². The third-order valence-corrected chi connectivity index (χ3v) is 1.38. The first-order chi connectivity index (χ1) is 6.24. The van der Waals surface area contributed by atoms with Gasteiger partial charge in [0.2, 0.25) is 5.91 Å². The summed E-state index contributed by atoms with van der Waals surface area (Å²) in [7, 11) is 0. The summed E-state index contributed by atoms with van der Waals surface area (Å²) in [5.41, 5.74) is 4.43. The van der Waals surface area contributed by atoms with E-state index in [0.717, 1.165) is 0 Å². The van der Waals surface area contributed by atoms with E-state index >= 15 is 0 Å². The van der Waals surface area contributed by atoms with E-state index in [2.05, 4.69) is 10.9 Å². The lowest BCUT2D eigenvalue weighted by molar-refractivity contribution is -0.121. The van der Waals surface area contributed by atoms with E-state index in [1.54, 1.807) is 13.0 Å². The Bertz CT molecular complexity index is 292. The van der Waals surface area contributed by atoms with Crippen LogP contribution in [0.3, 0.4) is 0 Å². The molecular formula is C8H10N2O3. The SMILES string of the molecule is CCC(=O)NNC(=O)c1ccco1. The number of hydrazine groups is 1. The smallest absolute Gasteiger partial charge is 0.305 e. The van der Waals surface area contributed by atoms with Gasteiger partial charge in [-0.25, -0.2) is 0 Å². The minimum Gasteiger partial charge on any atom is -0.459 e. The molecular weight excluding hydrogens is 172 g/mol. The Balaban J connectivity index is 2.39. The van der Waals surface area contributed by atoms with Gasteiger partial charge in [-0.15, -0.1) is 0 Å². The normalized spacial score (nSPS) is 9.31. The molecule has 1 heterocycles. The van der Waals surface area contributed by atoms with Crippen LogP contribution in [0, 0.1) is 0 Å². The maximum Gasteiger partial charge on any atom is 0.305 e. The van der Waals surface area contributed by atoms with Crippen LogP contribution in [0.2, 0.25) is 0 Å². The molecule has 0 aromatic carbocycles. The Morgan fingerprint density at radius 3 is 2.77 bits per heavy atom. The summed E-state index contributed by atoms with van der Waals surface area (Å²) in [4.78, 5) is 21.8. The van der Waals surface area contributed by atoms with Crippen LogP contribution in [0.15, 0.2) is 22.8 Å². The standard InChI is InChI=1S/C8H10N2O3/c1-2-7(11)9-10-8(12)6-4-3-5-13-6/h3-5H,2H2,1H3,(H,9,11)(H,10,12). The Morgan fingerprint density at radius 1 is 1.46 bits per heavy atom. The number of furan rings is 1. The van der Waals surface area contributed by atoms with Crippen molar-refractivity contribution in [1.29, 1.82) is 0 Å². The molecule has 1 rings (SSSR count). The van der Waals surface area contributed by atoms with Gasteiger partial charge in [-0.2, -0.15) is 0 Å². The van der Waals surface area contributed by atoms with E-state index in [9.17, 15) is 9.59 Å². The molecule has 0 saturated heterocycles. The lowest BCUT2D eigenvalue weighted by atomic mass is 10.4. The zero-order chi connectivity index (χ0) is 9.68. The summed E-state index contributed by atoms with van der Waals surface area (Å²) < 4.78 is 4.80. The molecule has 5 nitrogen and oxygen atoms in total. The number of hydrogen-bond acceptors (Lipinski definition) is 3. The van der Waals surface area contributed by atoms with Gasteiger partial charge in [-0.1, -0.05) is 6.92 Å². The van der Waals surface area contributed by atoms with E-state index in [-0.39, 0.29) is 11.7 Å². The first-order valence-electron chi connectivity index (χ1n) is 3.86. The fourth-order valence-corrected chi connectivity index (χ4v) is 0.684. The molecule has 0 bridgehead atoms. The van der Waals surface area contributed by atoms with Crippen molar-refractivity contribution in [3.05, 3.63) is 24.2 Å². The second-order valence-corrected chi connectivity index (χ2v) is 2.33. The number of nitrogens with one attached hydrogen (secondary N) is 2. The van der Waals surface area contributed by atoms with E-state index in [1.807, 2.05) is 0 Å². The average molecular weight is 182 g/mol. The molecule has 0 radical (unpaired) electrons. The minimum atomic E-state index is -0.466. The predicted octanol–water partition coefficient (Wildman–Crippen LogP) is 0.451. The average Bonchev–Trinajstić information content (AvgIpc) is 2.66. The third-order valence-electron chi connectivity index (χ3n) is 1.38. The van der Waals surface area contributed by atoms with Crippen LogP contribution in [0.25, 0.3) is 0 Å². The number of amides is 2. The second kappa shape index (κ2) is 4.30. The van der Waals surface area contributed by atoms with Gasteiger partial charge in [0.25, 0.3) is 0 Å². The van der Waals surface area contributed by atoms with Gasteiger partial charge in [0, 0.05) is 6.42 Å². The molecule has 0 saturated carbocycles. The van der Waals surface area contributed by atoms with Crippen molar-refractivity contribution < 1.29 is 14.0 Å². The molecule has 0 spiro atoms. The van der Waals surface area contributed by atoms with Crippen LogP contribution in [0.5, 0.6) is 0 Å². The molecule has 0 aliphatic rings. The first-order valence-corrected chi connectivity index (χ1v) is 3.86.